The largest absolute Gasteiger partial charge is 0.370 e. The molecule has 0 amide bonds. The number of aromatic nitrogens is 2. The zero-order chi connectivity index (χ0) is 11.2. The van der Waals surface area contributed by atoms with Crippen molar-refractivity contribution < 1.29 is 0 Å². The molecule has 0 unspecified atom stereocenters. The van der Waals surface area contributed by atoms with E-state index in [1.165, 1.54) is 0 Å². The molecule has 1 saturated heterocycles. The third-order valence-corrected chi connectivity index (χ3v) is 2.86. The lowest BCUT2D eigenvalue weighted by atomic mass is 10.2. The van der Waals surface area contributed by atoms with Crippen molar-refractivity contribution >= 4 is 5.82 Å². The monoisotopic (exact) mass is 223 g/mol. The van der Waals surface area contributed by atoms with E-state index in [0.29, 0.717) is 6.04 Å². The molecule has 5 heteroatoms. The maximum atomic E-state index is 4.35. The van der Waals surface area contributed by atoms with Crippen molar-refractivity contribution in [2.24, 2.45) is 0 Å². The zero-order valence-corrected chi connectivity index (χ0v) is 9.87. The fraction of sp³-hybridized carbons (Fsp3) is 0.727. The molecule has 16 heavy (non-hydrogen) atoms. The molecule has 2 heterocycles. The Morgan fingerprint density at radius 1 is 1.50 bits per heavy atom. The summed E-state index contributed by atoms with van der Waals surface area (Å²) in [6.45, 7) is 7.32. The molecule has 1 aliphatic rings. The van der Waals surface area contributed by atoms with E-state index in [2.05, 4.69) is 32.7 Å². The van der Waals surface area contributed by atoms with Crippen LogP contribution in [0.3, 0.4) is 0 Å². The van der Waals surface area contributed by atoms with Gasteiger partial charge in [-0.2, -0.15) is 5.10 Å². The Morgan fingerprint density at radius 3 is 3.06 bits per heavy atom. The Hall–Kier alpha value is -1.07. The van der Waals surface area contributed by atoms with E-state index in [0.717, 1.165) is 45.0 Å². The van der Waals surface area contributed by atoms with E-state index in [-0.39, 0.29) is 0 Å². The van der Waals surface area contributed by atoms with Crippen LogP contribution in [0.2, 0.25) is 0 Å². The lowest BCUT2D eigenvalue weighted by Gasteiger charge is -2.28. The van der Waals surface area contributed by atoms with Gasteiger partial charge in [0.05, 0.1) is 12.2 Å². The molecule has 90 valence electrons. The van der Waals surface area contributed by atoms with Crippen molar-refractivity contribution in [3.05, 3.63) is 12.3 Å². The number of hydrogen-bond donors (Lipinski definition) is 3. The molecule has 1 aromatic heterocycles. The number of nitrogens with one attached hydrogen (secondary N) is 3. The Kier molecular flexibility index (Phi) is 4.18. The van der Waals surface area contributed by atoms with E-state index >= 15 is 0 Å². The Morgan fingerprint density at radius 2 is 2.38 bits per heavy atom. The van der Waals surface area contributed by atoms with Gasteiger partial charge in [-0.3, -0.25) is 0 Å². The lowest BCUT2D eigenvalue weighted by molar-refractivity contribution is 0.321. The Labute approximate surface area is 96.6 Å². The van der Waals surface area contributed by atoms with Crippen molar-refractivity contribution in [3.8, 4) is 0 Å². The van der Waals surface area contributed by atoms with Gasteiger partial charge in [0.1, 0.15) is 5.82 Å². The molecule has 0 bridgehead atoms. The molecule has 1 aliphatic heterocycles. The standard InChI is InChI=1S/C11H21N5/c1-2-12-5-3-6-14-11-4-7-15-16(11)10-8-13-9-10/h4,7,10,12-14H,2-3,5-6,8-9H2,1H3. The summed E-state index contributed by atoms with van der Waals surface area (Å²) in [5.41, 5.74) is 0. The van der Waals surface area contributed by atoms with Crippen molar-refractivity contribution in [2.75, 3.05) is 38.0 Å². The summed E-state index contributed by atoms with van der Waals surface area (Å²) in [4.78, 5) is 0. The topological polar surface area (TPSA) is 53.9 Å². The molecule has 0 saturated carbocycles. The van der Waals surface area contributed by atoms with E-state index < -0.39 is 0 Å². The molecule has 0 spiro atoms. The van der Waals surface area contributed by atoms with Crippen LogP contribution < -0.4 is 16.0 Å². The second kappa shape index (κ2) is 5.86. The molecule has 0 aliphatic carbocycles. The first-order chi connectivity index (χ1) is 7.92. The van der Waals surface area contributed by atoms with Crippen LogP contribution in [0.4, 0.5) is 5.82 Å². The van der Waals surface area contributed by atoms with Crippen LogP contribution in [-0.2, 0) is 0 Å². The summed E-state index contributed by atoms with van der Waals surface area (Å²) in [7, 11) is 0. The molecular weight excluding hydrogens is 202 g/mol. The Bertz CT molecular complexity index is 305. The summed E-state index contributed by atoms with van der Waals surface area (Å²) in [5, 5.41) is 14.4. The van der Waals surface area contributed by atoms with Gasteiger partial charge in [0.2, 0.25) is 0 Å². The summed E-state index contributed by atoms with van der Waals surface area (Å²) >= 11 is 0. The first-order valence-electron chi connectivity index (χ1n) is 6.10. The van der Waals surface area contributed by atoms with Crippen molar-refractivity contribution in [3.63, 3.8) is 0 Å². The third kappa shape index (κ3) is 2.74. The minimum atomic E-state index is 0.534. The highest BCUT2D eigenvalue weighted by Gasteiger charge is 2.21. The molecule has 2 rings (SSSR count). The second-order valence-corrected chi connectivity index (χ2v) is 4.11. The first kappa shape index (κ1) is 11.4. The fourth-order valence-electron chi connectivity index (χ4n) is 1.80. The quantitative estimate of drug-likeness (QED) is 0.587. The van der Waals surface area contributed by atoms with Gasteiger partial charge < -0.3 is 16.0 Å². The average Bonchev–Trinajstić information content (AvgIpc) is 2.64. The molecule has 0 aromatic carbocycles. The van der Waals surface area contributed by atoms with Crippen LogP contribution in [0.15, 0.2) is 12.3 Å². The summed E-state index contributed by atoms with van der Waals surface area (Å²) < 4.78 is 2.09. The van der Waals surface area contributed by atoms with Crippen LogP contribution >= 0.6 is 0 Å². The van der Waals surface area contributed by atoms with E-state index in [4.69, 9.17) is 0 Å². The van der Waals surface area contributed by atoms with Gasteiger partial charge in [0, 0.05) is 25.7 Å². The summed E-state index contributed by atoms with van der Waals surface area (Å²) in [6, 6.07) is 2.58. The lowest BCUT2D eigenvalue weighted by Crippen LogP contribution is -2.44. The third-order valence-electron chi connectivity index (χ3n) is 2.86. The minimum absolute atomic E-state index is 0.534. The molecule has 0 radical (unpaired) electrons. The number of rotatable bonds is 7. The molecule has 3 N–H and O–H groups in total. The van der Waals surface area contributed by atoms with Crippen LogP contribution in [0.5, 0.6) is 0 Å². The van der Waals surface area contributed by atoms with Gasteiger partial charge in [-0.25, -0.2) is 4.68 Å². The van der Waals surface area contributed by atoms with Gasteiger partial charge in [-0.05, 0) is 19.5 Å². The Balaban J connectivity index is 1.73. The maximum Gasteiger partial charge on any atom is 0.124 e. The number of nitrogens with zero attached hydrogens (tertiary/aromatic N) is 2. The normalized spacial score (nSPS) is 16.1. The molecular formula is C11H21N5. The second-order valence-electron chi connectivity index (χ2n) is 4.11. The zero-order valence-electron chi connectivity index (χ0n) is 9.87. The van der Waals surface area contributed by atoms with Gasteiger partial charge in [0.15, 0.2) is 0 Å². The number of hydrogen-bond acceptors (Lipinski definition) is 4. The molecule has 5 nitrogen and oxygen atoms in total. The summed E-state index contributed by atoms with van der Waals surface area (Å²) in [6.07, 6.45) is 3.01. The maximum absolute atomic E-state index is 4.35. The van der Waals surface area contributed by atoms with Gasteiger partial charge in [-0.1, -0.05) is 6.92 Å². The predicted octanol–water partition coefficient (Wildman–Crippen LogP) is 0.439. The van der Waals surface area contributed by atoms with Crippen LogP contribution in [0.25, 0.3) is 0 Å². The van der Waals surface area contributed by atoms with Gasteiger partial charge >= 0.3 is 0 Å². The smallest absolute Gasteiger partial charge is 0.124 e. The van der Waals surface area contributed by atoms with Gasteiger partial charge in [0.25, 0.3) is 0 Å². The highest BCUT2D eigenvalue weighted by Crippen LogP contribution is 2.16. The first-order valence-corrected chi connectivity index (χ1v) is 6.10. The van der Waals surface area contributed by atoms with Crippen molar-refractivity contribution in [1.29, 1.82) is 0 Å². The minimum Gasteiger partial charge on any atom is -0.370 e. The van der Waals surface area contributed by atoms with Gasteiger partial charge in [-0.15, -0.1) is 0 Å². The predicted molar refractivity (Wildman–Crippen MR) is 65.8 cm³/mol. The number of anilines is 1. The average molecular weight is 223 g/mol. The van der Waals surface area contributed by atoms with Crippen LogP contribution in [0, 0.1) is 0 Å². The highest BCUT2D eigenvalue weighted by atomic mass is 15.4. The molecule has 0 atom stereocenters. The van der Waals surface area contributed by atoms with E-state index in [1.807, 2.05) is 12.3 Å². The van der Waals surface area contributed by atoms with Crippen LogP contribution in [-0.4, -0.2) is 42.5 Å². The highest BCUT2D eigenvalue weighted by molar-refractivity contribution is 5.34. The molecule has 1 fully saturated rings. The summed E-state index contributed by atoms with van der Waals surface area (Å²) in [5.74, 6) is 1.14. The van der Waals surface area contributed by atoms with Crippen molar-refractivity contribution in [1.82, 2.24) is 20.4 Å². The fourth-order valence-corrected chi connectivity index (χ4v) is 1.80. The van der Waals surface area contributed by atoms with Crippen LogP contribution in [0.1, 0.15) is 19.4 Å². The SMILES string of the molecule is CCNCCCNc1ccnn1C1CNC1. The molecule has 1 aromatic rings. The van der Waals surface area contributed by atoms with Crippen molar-refractivity contribution in [2.45, 2.75) is 19.4 Å². The van der Waals surface area contributed by atoms with E-state index in [9.17, 15) is 0 Å². The van der Waals surface area contributed by atoms with E-state index in [1.54, 1.807) is 0 Å².